The molecule has 1 heterocycles. The molecule has 0 aliphatic heterocycles. The lowest BCUT2D eigenvalue weighted by Crippen LogP contribution is -2.28. The highest BCUT2D eigenvalue weighted by Gasteiger charge is 2.45. The minimum atomic E-state index is -0.254. The molecule has 2 aliphatic carbocycles. The van der Waals surface area contributed by atoms with Crippen molar-refractivity contribution >= 4 is 54.1 Å². The summed E-state index contributed by atoms with van der Waals surface area (Å²) in [7, 11) is 0. The molecule has 90 heavy (non-hydrogen) atoms. The Morgan fingerprint density at radius 1 is 0.222 bits per heavy atom. The smallest absolute Gasteiger partial charge is 0.0713 e. The third-order valence-electron chi connectivity index (χ3n) is 15.8. The predicted molar refractivity (Wildman–Crippen MR) is 397 cm³/mol. The summed E-state index contributed by atoms with van der Waals surface area (Å²) in [4.78, 5) is 0. The van der Waals surface area contributed by atoms with Crippen molar-refractivity contribution in [1.82, 2.24) is 4.57 Å². The molecule has 0 spiro atoms. The number of fused-ring (bicyclic) bond motifs is 15. The highest BCUT2D eigenvalue weighted by atomic mass is 15.0. The van der Waals surface area contributed by atoms with Crippen molar-refractivity contribution in [2.75, 3.05) is 0 Å². The maximum absolute atomic E-state index is 2.43. The van der Waals surface area contributed by atoms with Gasteiger partial charge in [0.1, 0.15) is 0 Å². The van der Waals surface area contributed by atoms with Crippen LogP contribution in [-0.4, -0.2) is 4.57 Å². The Balaban J connectivity index is 0.000000134. The van der Waals surface area contributed by atoms with Crippen molar-refractivity contribution in [3.05, 3.63) is 312 Å². The lowest BCUT2D eigenvalue weighted by atomic mass is 9.68. The Morgan fingerprint density at radius 3 is 0.689 bits per heavy atom. The molecular formula is C89H97N. The fourth-order valence-electron chi connectivity index (χ4n) is 12.6. The molecule has 0 saturated heterocycles. The van der Waals surface area contributed by atoms with Crippen molar-refractivity contribution < 1.29 is 0 Å². The molecule has 0 amide bonds. The Bertz CT molecular complexity index is 4050. The number of nitrogens with zero attached hydrogens (tertiary/aromatic N) is 1. The quantitative estimate of drug-likeness (QED) is 0.152. The summed E-state index contributed by atoms with van der Waals surface area (Å²) in [6.07, 6.45) is 0. The molecule has 0 atom stereocenters. The van der Waals surface area contributed by atoms with E-state index < -0.39 is 0 Å². The van der Waals surface area contributed by atoms with Crippen LogP contribution in [0.2, 0.25) is 0 Å². The fraction of sp³-hybridized carbons (Fsp3) is 0.258. The van der Waals surface area contributed by atoms with E-state index in [1.807, 2.05) is 0 Å². The first-order chi connectivity index (χ1) is 42.7. The molecule has 0 saturated carbocycles. The van der Waals surface area contributed by atoms with E-state index in [0.29, 0.717) is 16.2 Å². The summed E-state index contributed by atoms with van der Waals surface area (Å²) in [5.41, 5.74) is 17.9. The highest BCUT2D eigenvalue weighted by Crippen LogP contribution is 2.56. The third kappa shape index (κ3) is 14.9. The van der Waals surface area contributed by atoms with Gasteiger partial charge in [0.25, 0.3) is 0 Å². The van der Waals surface area contributed by atoms with E-state index in [1.54, 1.807) is 0 Å². The van der Waals surface area contributed by atoms with Gasteiger partial charge in [0.15, 0.2) is 0 Å². The second-order valence-electron chi connectivity index (χ2n) is 30.5. The summed E-state index contributed by atoms with van der Waals surface area (Å²) >= 11 is 0. The summed E-state index contributed by atoms with van der Waals surface area (Å²) < 4.78 is 2.43. The van der Waals surface area contributed by atoms with Crippen molar-refractivity contribution in [2.45, 2.75) is 134 Å². The number of hydrogen-bond acceptors (Lipinski definition) is 0. The minimum Gasteiger partial charge on any atom is -0.335 e. The summed E-state index contributed by atoms with van der Waals surface area (Å²) in [5.74, 6) is 0. The Morgan fingerprint density at radius 2 is 0.422 bits per heavy atom. The average molecular weight is 1180 g/mol. The maximum Gasteiger partial charge on any atom is 0.0713 e. The predicted octanol–water partition coefficient (Wildman–Crippen LogP) is 25.9. The van der Waals surface area contributed by atoms with Crippen LogP contribution in [0.1, 0.15) is 151 Å². The van der Waals surface area contributed by atoms with Gasteiger partial charge in [-0.05, 0) is 137 Å². The van der Waals surface area contributed by atoms with Gasteiger partial charge < -0.3 is 4.57 Å². The third-order valence-corrected chi connectivity index (χ3v) is 15.8. The van der Waals surface area contributed by atoms with Crippen LogP contribution in [-0.2, 0) is 16.4 Å². The van der Waals surface area contributed by atoms with Gasteiger partial charge >= 0.3 is 0 Å². The first-order valence-corrected chi connectivity index (χ1v) is 32.4. The van der Waals surface area contributed by atoms with Gasteiger partial charge in [-0.3, -0.25) is 0 Å². The van der Waals surface area contributed by atoms with Crippen molar-refractivity contribution in [3.63, 3.8) is 0 Å². The molecular weight excluding hydrogens is 1080 g/mol. The van der Waals surface area contributed by atoms with Crippen molar-refractivity contribution in [3.8, 4) is 22.3 Å². The second-order valence-corrected chi connectivity index (χ2v) is 30.5. The molecule has 12 aromatic carbocycles. The number of aromatic nitrogens is 1. The molecule has 0 bridgehead atoms. The monoisotopic (exact) mass is 1180 g/mol. The van der Waals surface area contributed by atoms with Crippen molar-refractivity contribution in [1.29, 1.82) is 0 Å². The molecule has 13 aromatic rings. The molecule has 2 aliphatic rings. The Kier molecular flexibility index (Phi) is 19.8. The molecule has 0 radical (unpaired) electrons. The van der Waals surface area contributed by atoms with Gasteiger partial charge in [-0.1, -0.05) is 364 Å². The van der Waals surface area contributed by atoms with Gasteiger partial charge in [-0.15, -0.1) is 0 Å². The first kappa shape index (κ1) is 65.7. The van der Waals surface area contributed by atoms with Crippen LogP contribution >= 0.6 is 0 Å². The number of hydrogen-bond donors (Lipinski definition) is 0. The number of rotatable bonds is 2. The van der Waals surface area contributed by atoms with Gasteiger partial charge in [-0.25, -0.2) is 0 Å². The zero-order chi connectivity index (χ0) is 64.7. The van der Waals surface area contributed by atoms with Gasteiger partial charge in [0.05, 0.1) is 5.41 Å². The first-order valence-electron chi connectivity index (χ1n) is 32.4. The molecule has 1 aromatic heterocycles. The average Bonchev–Trinajstić information content (AvgIpc) is 1.52. The van der Waals surface area contributed by atoms with Gasteiger partial charge in [0, 0.05) is 32.8 Å². The van der Waals surface area contributed by atoms with Crippen LogP contribution in [0, 0.1) is 16.2 Å². The summed E-state index contributed by atoms with van der Waals surface area (Å²) in [6.45, 7) is 37.6. The number of para-hydroxylation sites is 2. The van der Waals surface area contributed by atoms with E-state index in [9.17, 15) is 0 Å². The van der Waals surface area contributed by atoms with E-state index in [-0.39, 0.29) is 16.4 Å². The minimum absolute atomic E-state index is 0.0999. The van der Waals surface area contributed by atoms with Crippen LogP contribution < -0.4 is 0 Å². The fourth-order valence-corrected chi connectivity index (χ4v) is 12.6. The van der Waals surface area contributed by atoms with Crippen LogP contribution in [0.25, 0.3) is 76.4 Å². The SMILES string of the molecule is CC(C)(C)C.CC(C)(C)C.CC(C)(C)C.CC(C)(C)n1c2ccccc2c2ccccc21.CC1(C)c2ccccc2-c2ccccc21.c1ccc(C2(c3ccccc3)c3ccccc3-c3ccccc32)cc1.c1ccc2c(c1)c1ccccc1c1ccccc21. The number of benzene rings is 12. The van der Waals surface area contributed by atoms with Crippen LogP contribution in [0.15, 0.2) is 279 Å². The summed E-state index contributed by atoms with van der Waals surface area (Å²) in [5, 5.41) is 10.7. The molecule has 15 rings (SSSR count). The van der Waals surface area contributed by atoms with E-state index in [4.69, 9.17) is 0 Å². The molecule has 1 heteroatoms. The van der Waals surface area contributed by atoms with Crippen molar-refractivity contribution in [2.24, 2.45) is 16.2 Å². The van der Waals surface area contributed by atoms with E-state index >= 15 is 0 Å². The van der Waals surface area contributed by atoms with E-state index in [1.165, 1.54) is 110 Å². The van der Waals surface area contributed by atoms with Crippen LogP contribution in [0.5, 0.6) is 0 Å². The topological polar surface area (TPSA) is 4.93 Å². The largest absolute Gasteiger partial charge is 0.335 e. The van der Waals surface area contributed by atoms with E-state index in [2.05, 4.69) is 401 Å². The zero-order valence-corrected chi connectivity index (χ0v) is 57.0. The molecule has 0 N–H and O–H groups in total. The molecule has 458 valence electrons. The Hall–Kier alpha value is -8.78. The van der Waals surface area contributed by atoms with Gasteiger partial charge in [0.2, 0.25) is 0 Å². The summed E-state index contributed by atoms with van der Waals surface area (Å²) in [6, 6.07) is 100. The normalized spacial score (nSPS) is 13.1. The maximum atomic E-state index is 2.43. The second kappa shape index (κ2) is 27.1. The standard InChI is InChI=1S/C25H18.C18H12.C16H17N.C15H14.3C5H12/c1-3-11-19(12-4-1)25(20-13-5-2-6-14-20)23-17-9-7-15-21(23)22-16-8-10-18-24(22)25;1-2-8-14-13(7-1)15-9-3-4-11-17(15)18-12-6-5-10-16(14)18;1-16(2,3)17-14-10-6-4-8-12(14)13-9-5-7-11-15(13)17;1-15(2)13-9-5-3-7-11(13)12-8-4-6-10-14(12)15;3*1-5(2,3)4/h1-18H;1-12H;4-11H,1-3H3;3-10H,1-2H3;3*1-4H3. The molecule has 0 fully saturated rings. The Labute approximate surface area is 540 Å². The lowest BCUT2D eigenvalue weighted by Gasteiger charge is -2.33. The van der Waals surface area contributed by atoms with E-state index in [0.717, 1.165) is 0 Å². The van der Waals surface area contributed by atoms with Crippen LogP contribution in [0.4, 0.5) is 0 Å². The lowest BCUT2D eigenvalue weighted by molar-refractivity contribution is 0.423. The highest BCUT2D eigenvalue weighted by molar-refractivity contribution is 6.25. The van der Waals surface area contributed by atoms with Gasteiger partial charge in [-0.2, -0.15) is 0 Å². The zero-order valence-electron chi connectivity index (χ0n) is 57.0. The molecule has 0 unspecified atom stereocenters. The van der Waals surface area contributed by atoms with Crippen LogP contribution in [0.3, 0.4) is 0 Å². The molecule has 1 nitrogen and oxygen atoms in total.